The van der Waals surface area contributed by atoms with Gasteiger partial charge in [0, 0.05) is 20.4 Å². The Morgan fingerprint density at radius 2 is 2.50 bits per heavy atom. The van der Waals surface area contributed by atoms with E-state index in [4.69, 9.17) is 0 Å². The number of hydrogen-bond donors (Lipinski definition) is 0. The zero-order chi connectivity index (χ0) is 3.54. The largest absolute Gasteiger partial charge is 0.482 e. The molecule has 1 aliphatic heterocycles. The molecule has 1 radical (unpaired) electrons. The van der Waals surface area contributed by atoms with Crippen LogP contribution >= 0.6 is 0 Å². The molecule has 0 bridgehead atoms. The maximum atomic E-state index is 4.65. The van der Waals surface area contributed by atoms with Gasteiger partial charge >= 0.3 is 0 Å². The second-order valence-electron chi connectivity index (χ2n) is 0.882. The van der Waals surface area contributed by atoms with Crippen LogP contribution in [0.4, 0.5) is 0 Å². The van der Waals surface area contributed by atoms with E-state index in [0.717, 1.165) is 13.2 Å². The summed E-state index contributed by atoms with van der Waals surface area (Å²) in [6.45, 7) is 1.62. The molecule has 0 aromatic heterocycles. The van der Waals surface area contributed by atoms with Gasteiger partial charge in [0.15, 0.2) is 6.40 Å². The van der Waals surface area contributed by atoms with E-state index in [1.54, 1.807) is 0 Å². The first-order chi connectivity index (χ1) is 2.50. The molecule has 0 unspecified atom stereocenters. The van der Waals surface area contributed by atoms with E-state index in [9.17, 15) is 0 Å². The Labute approximate surface area is 50.3 Å². The minimum absolute atomic E-state index is 0. The Kier molecular flexibility index (Phi) is 3.40. The van der Waals surface area contributed by atoms with E-state index in [2.05, 4.69) is 9.73 Å². The second kappa shape index (κ2) is 3.33. The second-order valence-corrected chi connectivity index (χ2v) is 0.882. The van der Waals surface area contributed by atoms with Crippen LogP contribution < -0.4 is 0 Å². The van der Waals surface area contributed by atoms with Crippen LogP contribution in [0.2, 0.25) is 0 Å². The molecule has 2 nitrogen and oxygen atoms in total. The zero-order valence-corrected chi connectivity index (χ0v) is 5.94. The van der Waals surface area contributed by atoms with Gasteiger partial charge in [0.25, 0.3) is 0 Å². The van der Waals surface area contributed by atoms with Crippen LogP contribution in [0.25, 0.3) is 0 Å². The summed E-state index contributed by atoms with van der Waals surface area (Å²) < 4.78 is 4.65. The molecule has 0 aliphatic carbocycles. The summed E-state index contributed by atoms with van der Waals surface area (Å²) in [5, 5.41) is 0. The third-order valence-corrected chi connectivity index (χ3v) is 0.487. The van der Waals surface area contributed by atoms with Gasteiger partial charge in [-0.25, -0.2) is 0 Å². The first-order valence-electron chi connectivity index (χ1n) is 1.60. The van der Waals surface area contributed by atoms with E-state index < -0.39 is 0 Å². The fraction of sp³-hybridized carbons (Fsp3) is 0.667. The molecule has 0 amide bonds. The number of ether oxygens (including phenoxy) is 1. The molecule has 0 spiro atoms. The van der Waals surface area contributed by atoms with E-state index in [1.807, 2.05) is 0 Å². The van der Waals surface area contributed by atoms with Crippen molar-refractivity contribution in [2.24, 2.45) is 4.99 Å². The monoisotopic (exact) mass is 258 g/mol. The third-order valence-electron chi connectivity index (χ3n) is 0.487. The molecule has 6 heavy (non-hydrogen) atoms. The minimum atomic E-state index is 0. The fourth-order valence-corrected chi connectivity index (χ4v) is 0.264. The van der Waals surface area contributed by atoms with Gasteiger partial charge in [0.1, 0.15) is 6.61 Å². The van der Waals surface area contributed by atoms with Crippen LogP contribution in [0.3, 0.4) is 0 Å². The van der Waals surface area contributed by atoms with E-state index in [0.29, 0.717) is 0 Å². The summed E-state index contributed by atoms with van der Waals surface area (Å²) in [6, 6.07) is 0. The Balaban J connectivity index is 0.000000250. The van der Waals surface area contributed by atoms with Crippen LogP contribution in [0, 0.1) is 0 Å². The van der Waals surface area contributed by atoms with Gasteiger partial charge in [0.05, 0.1) is 6.54 Å². The molecule has 35 valence electrons. The van der Waals surface area contributed by atoms with Crippen molar-refractivity contribution in [1.82, 2.24) is 0 Å². The predicted molar refractivity (Wildman–Crippen MR) is 19.3 cm³/mol. The molecular formula is C3H5NORe. The van der Waals surface area contributed by atoms with E-state index in [1.165, 1.54) is 6.40 Å². The van der Waals surface area contributed by atoms with Crippen molar-refractivity contribution >= 4 is 6.40 Å². The van der Waals surface area contributed by atoms with Crippen molar-refractivity contribution < 1.29 is 25.2 Å². The molecule has 1 heterocycles. The Hall–Kier alpha value is 0.132. The standard InChI is InChI=1S/C3H5NO.Re/c1-2-5-3-4-1;/h3H,1-2H2;. The number of aliphatic imine (C=N–C) groups is 1. The minimum Gasteiger partial charge on any atom is -0.482 e. The predicted octanol–water partition coefficient (Wildman–Crippen LogP) is 0.0424. The average molecular weight is 257 g/mol. The average Bonchev–Trinajstić information content (AvgIpc) is 1.76. The molecule has 1 rings (SSSR count). The Morgan fingerprint density at radius 3 is 2.67 bits per heavy atom. The summed E-state index contributed by atoms with van der Waals surface area (Å²) in [7, 11) is 0. The zero-order valence-electron chi connectivity index (χ0n) is 3.22. The molecule has 0 aromatic rings. The van der Waals surface area contributed by atoms with Crippen molar-refractivity contribution in [3.05, 3.63) is 0 Å². The number of hydrogen-bond acceptors (Lipinski definition) is 2. The summed E-state index contributed by atoms with van der Waals surface area (Å²) in [6.07, 6.45) is 1.49. The Bertz CT molecular complexity index is 48.8. The van der Waals surface area contributed by atoms with Crippen LogP contribution in [-0.2, 0) is 25.2 Å². The third kappa shape index (κ3) is 1.54. The van der Waals surface area contributed by atoms with Crippen molar-refractivity contribution in [1.29, 1.82) is 0 Å². The SMILES string of the molecule is C1=NCCO1.[Re]. The van der Waals surface area contributed by atoms with Gasteiger partial charge in [-0.2, -0.15) is 0 Å². The van der Waals surface area contributed by atoms with Gasteiger partial charge in [0.2, 0.25) is 0 Å². The van der Waals surface area contributed by atoms with Gasteiger partial charge < -0.3 is 4.74 Å². The molecule has 3 heteroatoms. The molecule has 0 saturated carbocycles. The number of nitrogens with zero attached hydrogens (tertiary/aromatic N) is 1. The first kappa shape index (κ1) is 6.13. The smallest absolute Gasteiger partial charge is 0.169 e. The van der Waals surface area contributed by atoms with Crippen LogP contribution in [-0.4, -0.2) is 19.6 Å². The maximum Gasteiger partial charge on any atom is 0.169 e. The van der Waals surface area contributed by atoms with Crippen LogP contribution in [0.1, 0.15) is 0 Å². The summed E-state index contributed by atoms with van der Waals surface area (Å²) in [4.78, 5) is 3.74. The fourth-order valence-electron chi connectivity index (χ4n) is 0.264. The molecular weight excluding hydrogens is 252 g/mol. The van der Waals surface area contributed by atoms with Crippen molar-refractivity contribution in [3.63, 3.8) is 0 Å². The van der Waals surface area contributed by atoms with Gasteiger partial charge in [-0.3, -0.25) is 4.99 Å². The Morgan fingerprint density at radius 1 is 1.67 bits per heavy atom. The molecule has 0 fully saturated rings. The van der Waals surface area contributed by atoms with Gasteiger partial charge in [-0.1, -0.05) is 0 Å². The van der Waals surface area contributed by atoms with Crippen molar-refractivity contribution in [2.45, 2.75) is 0 Å². The molecule has 0 N–H and O–H groups in total. The van der Waals surface area contributed by atoms with Gasteiger partial charge in [-0.15, -0.1) is 0 Å². The molecule has 0 aromatic carbocycles. The number of rotatable bonds is 0. The van der Waals surface area contributed by atoms with Crippen LogP contribution in [0.15, 0.2) is 4.99 Å². The summed E-state index contributed by atoms with van der Waals surface area (Å²) in [5.41, 5.74) is 0. The first-order valence-corrected chi connectivity index (χ1v) is 1.60. The molecule has 0 atom stereocenters. The van der Waals surface area contributed by atoms with Crippen LogP contribution in [0.5, 0.6) is 0 Å². The van der Waals surface area contributed by atoms with Crippen molar-refractivity contribution in [3.8, 4) is 0 Å². The van der Waals surface area contributed by atoms with Gasteiger partial charge in [-0.05, 0) is 0 Å². The summed E-state index contributed by atoms with van der Waals surface area (Å²) in [5.74, 6) is 0. The summed E-state index contributed by atoms with van der Waals surface area (Å²) >= 11 is 0. The molecule has 0 saturated heterocycles. The van der Waals surface area contributed by atoms with E-state index >= 15 is 0 Å². The van der Waals surface area contributed by atoms with Crippen molar-refractivity contribution in [2.75, 3.05) is 13.2 Å². The van der Waals surface area contributed by atoms with E-state index in [-0.39, 0.29) is 20.4 Å². The molecule has 1 aliphatic rings. The normalized spacial score (nSPS) is 16.0. The topological polar surface area (TPSA) is 21.6 Å². The maximum absolute atomic E-state index is 4.65. The quantitative estimate of drug-likeness (QED) is 0.600.